The largest absolute Gasteiger partial charge is 0.490 e. The van der Waals surface area contributed by atoms with Crippen LogP contribution in [0.25, 0.3) is 0 Å². The van der Waals surface area contributed by atoms with E-state index in [9.17, 15) is 0 Å². The van der Waals surface area contributed by atoms with E-state index in [1.54, 1.807) is 11.0 Å². The van der Waals surface area contributed by atoms with Crippen molar-refractivity contribution >= 4 is 23.8 Å². The molecule has 136 valence electrons. The second kappa shape index (κ2) is 8.73. The van der Waals surface area contributed by atoms with Crippen LogP contribution >= 0.6 is 23.8 Å². The lowest BCUT2D eigenvalue weighted by Gasteiger charge is -2.14. The molecule has 0 spiro atoms. The summed E-state index contributed by atoms with van der Waals surface area (Å²) in [6.07, 6.45) is 1.59. The van der Waals surface area contributed by atoms with Gasteiger partial charge in [0.25, 0.3) is 0 Å². The number of ether oxygens (including phenoxy) is 2. The van der Waals surface area contributed by atoms with Gasteiger partial charge in [-0.3, -0.25) is 5.10 Å². The van der Waals surface area contributed by atoms with Crippen LogP contribution in [0.4, 0.5) is 0 Å². The van der Waals surface area contributed by atoms with E-state index in [0.717, 1.165) is 11.1 Å². The molecule has 0 saturated heterocycles. The van der Waals surface area contributed by atoms with Gasteiger partial charge in [0.2, 0.25) is 4.77 Å². The van der Waals surface area contributed by atoms with Crippen molar-refractivity contribution in [3.8, 4) is 11.5 Å². The van der Waals surface area contributed by atoms with Gasteiger partial charge in [-0.2, -0.15) is 5.10 Å². The molecule has 3 aromatic rings. The van der Waals surface area contributed by atoms with E-state index < -0.39 is 0 Å². The van der Waals surface area contributed by atoms with Crippen LogP contribution in [0.1, 0.15) is 18.1 Å². The topological polar surface area (TPSA) is 64.1 Å². The van der Waals surface area contributed by atoms with Crippen molar-refractivity contribution in [2.24, 2.45) is 0 Å². The number of aromatic nitrogens is 3. The van der Waals surface area contributed by atoms with Crippen LogP contribution in [-0.2, 0) is 13.2 Å². The summed E-state index contributed by atoms with van der Waals surface area (Å²) in [4.78, 5) is 0. The molecule has 6 nitrogen and oxygen atoms in total. The van der Waals surface area contributed by atoms with Gasteiger partial charge in [-0.25, -0.2) is 4.68 Å². The fourth-order valence-electron chi connectivity index (χ4n) is 2.33. The number of H-pyrrole nitrogens is 1. The highest BCUT2D eigenvalue weighted by atomic mass is 35.5. The Bertz CT molecular complexity index is 908. The molecule has 0 fully saturated rings. The van der Waals surface area contributed by atoms with Crippen molar-refractivity contribution in [3.63, 3.8) is 0 Å². The molecule has 0 aliphatic carbocycles. The van der Waals surface area contributed by atoms with E-state index in [1.807, 2.05) is 49.4 Å². The summed E-state index contributed by atoms with van der Waals surface area (Å²) in [5, 5.41) is 7.27. The second-order valence-electron chi connectivity index (χ2n) is 5.50. The van der Waals surface area contributed by atoms with Crippen molar-refractivity contribution < 1.29 is 9.47 Å². The molecule has 1 heterocycles. The third-order valence-corrected chi connectivity index (χ3v) is 4.16. The molecular formula is C18H19ClN4O2S. The lowest BCUT2D eigenvalue weighted by Crippen LogP contribution is -2.13. The first kappa shape index (κ1) is 18.3. The molecule has 2 N–H and O–H groups in total. The zero-order valence-electron chi connectivity index (χ0n) is 14.2. The maximum absolute atomic E-state index is 5.91. The monoisotopic (exact) mass is 390 g/mol. The highest BCUT2D eigenvalue weighted by molar-refractivity contribution is 7.71. The first-order chi connectivity index (χ1) is 12.7. The van der Waals surface area contributed by atoms with Crippen LogP contribution in [-0.4, -0.2) is 21.5 Å². The van der Waals surface area contributed by atoms with Crippen LogP contribution in [0.5, 0.6) is 11.5 Å². The third kappa shape index (κ3) is 4.77. The smallest absolute Gasteiger partial charge is 0.214 e. The normalized spacial score (nSPS) is 10.5. The number of hydrogen-bond donors (Lipinski definition) is 2. The highest BCUT2D eigenvalue weighted by Crippen LogP contribution is 2.29. The predicted octanol–water partition coefficient (Wildman–Crippen LogP) is 4.32. The summed E-state index contributed by atoms with van der Waals surface area (Å²) in [6, 6.07) is 13.4. The number of nitrogens with zero attached hydrogens (tertiary/aromatic N) is 2. The Morgan fingerprint density at radius 2 is 1.88 bits per heavy atom. The number of nitrogens with one attached hydrogen (secondary N) is 2. The molecule has 0 amide bonds. The summed E-state index contributed by atoms with van der Waals surface area (Å²) in [5.41, 5.74) is 5.25. The molecule has 0 aliphatic rings. The van der Waals surface area contributed by atoms with Gasteiger partial charge in [-0.15, -0.1) is 0 Å². The van der Waals surface area contributed by atoms with Crippen LogP contribution < -0.4 is 14.9 Å². The van der Waals surface area contributed by atoms with Gasteiger partial charge in [0.1, 0.15) is 12.9 Å². The predicted molar refractivity (Wildman–Crippen MR) is 104 cm³/mol. The lowest BCUT2D eigenvalue weighted by atomic mass is 10.2. The minimum absolute atomic E-state index is 0.443. The first-order valence-electron chi connectivity index (χ1n) is 8.14. The molecule has 26 heavy (non-hydrogen) atoms. The van der Waals surface area contributed by atoms with E-state index in [4.69, 9.17) is 33.3 Å². The van der Waals surface area contributed by atoms with Crippen LogP contribution in [0.3, 0.4) is 0 Å². The minimum Gasteiger partial charge on any atom is -0.490 e. The molecule has 0 bridgehead atoms. The van der Waals surface area contributed by atoms with E-state index in [-0.39, 0.29) is 0 Å². The van der Waals surface area contributed by atoms with E-state index in [1.165, 1.54) is 0 Å². The van der Waals surface area contributed by atoms with Crippen molar-refractivity contribution in [1.29, 1.82) is 0 Å². The standard InChI is InChI=1S/C18H19ClN4O2S/c1-2-24-17-9-14(10-21-23-12-20-22-18(23)26)5-8-16(17)25-11-13-3-6-15(19)7-4-13/h3-9,12,21H,2,10-11H2,1H3,(H,22,26). The Morgan fingerprint density at radius 1 is 1.12 bits per heavy atom. The van der Waals surface area contributed by atoms with Gasteiger partial charge < -0.3 is 14.9 Å². The van der Waals surface area contributed by atoms with E-state index >= 15 is 0 Å². The molecule has 0 aliphatic heterocycles. The average Bonchev–Trinajstić information content (AvgIpc) is 3.06. The zero-order valence-corrected chi connectivity index (χ0v) is 15.8. The summed E-state index contributed by atoms with van der Waals surface area (Å²) in [7, 11) is 0. The maximum Gasteiger partial charge on any atom is 0.214 e. The summed E-state index contributed by atoms with van der Waals surface area (Å²) >= 11 is 11.0. The van der Waals surface area contributed by atoms with Crippen molar-refractivity contribution in [2.75, 3.05) is 12.0 Å². The summed E-state index contributed by atoms with van der Waals surface area (Å²) < 4.78 is 13.8. The van der Waals surface area contributed by atoms with E-state index in [0.29, 0.717) is 41.1 Å². The van der Waals surface area contributed by atoms with Crippen LogP contribution in [0.2, 0.25) is 5.02 Å². The average molecular weight is 391 g/mol. The Kier molecular flexibility index (Phi) is 6.14. The molecular weight excluding hydrogens is 372 g/mol. The van der Waals surface area contributed by atoms with Crippen LogP contribution in [0, 0.1) is 4.77 Å². The number of hydrogen-bond acceptors (Lipinski definition) is 5. The second-order valence-corrected chi connectivity index (χ2v) is 6.32. The van der Waals surface area contributed by atoms with Gasteiger partial charge in [0, 0.05) is 5.02 Å². The Hall–Kier alpha value is -2.51. The number of halogens is 1. The zero-order chi connectivity index (χ0) is 18.4. The molecule has 1 aromatic heterocycles. The summed E-state index contributed by atoms with van der Waals surface area (Å²) in [6.45, 7) is 3.52. The SMILES string of the molecule is CCOc1cc(CNn2cn[nH]c2=S)ccc1OCc1ccc(Cl)cc1. The number of aromatic amines is 1. The molecule has 3 rings (SSSR count). The quantitative estimate of drug-likeness (QED) is 0.561. The molecule has 8 heteroatoms. The molecule has 0 atom stereocenters. The lowest BCUT2D eigenvalue weighted by molar-refractivity contribution is 0.269. The highest BCUT2D eigenvalue weighted by Gasteiger charge is 2.07. The van der Waals surface area contributed by atoms with Crippen LogP contribution in [0.15, 0.2) is 48.8 Å². The Balaban J connectivity index is 1.68. The molecule has 2 aromatic carbocycles. The maximum atomic E-state index is 5.91. The molecule has 0 radical (unpaired) electrons. The van der Waals surface area contributed by atoms with Gasteiger partial charge in [-0.05, 0) is 54.5 Å². The fourth-order valence-corrected chi connectivity index (χ4v) is 2.62. The molecule has 0 saturated carbocycles. The van der Waals surface area contributed by atoms with Gasteiger partial charge in [0.15, 0.2) is 11.5 Å². The van der Waals surface area contributed by atoms with Gasteiger partial charge in [0.05, 0.1) is 13.2 Å². The van der Waals surface area contributed by atoms with Gasteiger partial charge in [-0.1, -0.05) is 29.8 Å². The van der Waals surface area contributed by atoms with Gasteiger partial charge >= 0.3 is 0 Å². The minimum atomic E-state index is 0.443. The van der Waals surface area contributed by atoms with Crippen molar-refractivity contribution in [2.45, 2.75) is 20.1 Å². The fraction of sp³-hybridized carbons (Fsp3) is 0.222. The Morgan fingerprint density at radius 3 is 2.58 bits per heavy atom. The summed E-state index contributed by atoms with van der Waals surface area (Å²) in [5.74, 6) is 1.40. The van der Waals surface area contributed by atoms with Crippen molar-refractivity contribution in [1.82, 2.24) is 14.9 Å². The van der Waals surface area contributed by atoms with E-state index in [2.05, 4.69) is 15.6 Å². The van der Waals surface area contributed by atoms with Crippen molar-refractivity contribution in [3.05, 3.63) is 69.7 Å². The third-order valence-electron chi connectivity index (χ3n) is 3.62. The molecule has 0 unspecified atom stereocenters. The Labute approximate surface area is 161 Å². The first-order valence-corrected chi connectivity index (χ1v) is 8.93. The number of benzene rings is 2. The number of rotatable bonds is 8.